The Morgan fingerprint density at radius 2 is 1.93 bits per heavy atom. The molecule has 1 heteroatoms. The zero-order valence-electron chi connectivity index (χ0n) is 10.9. The van der Waals surface area contributed by atoms with Crippen molar-refractivity contribution in [2.75, 3.05) is 6.54 Å². The first-order valence-corrected chi connectivity index (χ1v) is 7.01. The third kappa shape index (κ3) is 4.55. The van der Waals surface area contributed by atoms with Gasteiger partial charge in [0.1, 0.15) is 0 Å². The minimum absolute atomic E-state index is 0.822. The molecule has 1 N–H and O–H groups in total. The fourth-order valence-corrected chi connectivity index (χ4v) is 3.15. The largest absolute Gasteiger partial charge is 0.314 e. The van der Waals surface area contributed by atoms with Crippen molar-refractivity contribution >= 4 is 0 Å². The molecule has 90 valence electrons. The average Bonchev–Trinajstić information content (AvgIpc) is 2.21. The van der Waals surface area contributed by atoms with E-state index in [0.717, 1.165) is 24.4 Å². The van der Waals surface area contributed by atoms with Gasteiger partial charge in [-0.15, -0.1) is 0 Å². The molecule has 1 aliphatic carbocycles. The lowest BCUT2D eigenvalue weighted by atomic mass is 9.78. The summed E-state index contributed by atoms with van der Waals surface area (Å²) >= 11 is 0. The lowest BCUT2D eigenvalue weighted by Gasteiger charge is -2.33. The Morgan fingerprint density at radius 3 is 2.60 bits per heavy atom. The smallest absolute Gasteiger partial charge is 0.00953 e. The molecule has 0 aliphatic heterocycles. The first kappa shape index (κ1) is 13.0. The molecule has 0 aromatic rings. The minimum Gasteiger partial charge on any atom is -0.314 e. The van der Waals surface area contributed by atoms with Gasteiger partial charge < -0.3 is 5.32 Å². The SMILES string of the molecule is CCCC(C)CC1CCCCC1NCC. The highest BCUT2D eigenvalue weighted by atomic mass is 14.9. The van der Waals surface area contributed by atoms with Gasteiger partial charge in [-0.2, -0.15) is 0 Å². The molecule has 0 bridgehead atoms. The van der Waals surface area contributed by atoms with Crippen molar-refractivity contribution in [1.29, 1.82) is 0 Å². The van der Waals surface area contributed by atoms with Gasteiger partial charge >= 0.3 is 0 Å². The molecule has 0 heterocycles. The molecule has 0 spiro atoms. The fourth-order valence-electron chi connectivity index (χ4n) is 3.15. The summed E-state index contributed by atoms with van der Waals surface area (Å²) in [6.45, 7) is 8.12. The van der Waals surface area contributed by atoms with Crippen LogP contribution in [0.25, 0.3) is 0 Å². The lowest BCUT2D eigenvalue weighted by molar-refractivity contribution is 0.222. The Morgan fingerprint density at radius 1 is 1.20 bits per heavy atom. The van der Waals surface area contributed by atoms with Crippen LogP contribution in [0.5, 0.6) is 0 Å². The topological polar surface area (TPSA) is 12.0 Å². The van der Waals surface area contributed by atoms with Crippen molar-refractivity contribution in [3.05, 3.63) is 0 Å². The van der Waals surface area contributed by atoms with E-state index in [2.05, 4.69) is 26.1 Å². The van der Waals surface area contributed by atoms with Crippen LogP contribution >= 0.6 is 0 Å². The van der Waals surface area contributed by atoms with Crippen molar-refractivity contribution in [1.82, 2.24) is 5.32 Å². The Labute approximate surface area is 96.0 Å². The summed E-state index contributed by atoms with van der Waals surface area (Å²) in [7, 11) is 0. The van der Waals surface area contributed by atoms with Gasteiger partial charge in [0, 0.05) is 6.04 Å². The molecule has 1 saturated carbocycles. The van der Waals surface area contributed by atoms with Gasteiger partial charge in [0.25, 0.3) is 0 Å². The molecule has 0 amide bonds. The molecular formula is C14H29N. The number of hydrogen-bond acceptors (Lipinski definition) is 1. The predicted molar refractivity (Wildman–Crippen MR) is 68.1 cm³/mol. The summed E-state index contributed by atoms with van der Waals surface area (Å²) in [5.74, 6) is 1.89. The van der Waals surface area contributed by atoms with E-state index in [1.54, 1.807) is 0 Å². The normalized spacial score (nSPS) is 29.0. The highest BCUT2D eigenvalue weighted by Gasteiger charge is 2.25. The van der Waals surface area contributed by atoms with Crippen LogP contribution in [0, 0.1) is 11.8 Å². The molecule has 1 fully saturated rings. The molecular weight excluding hydrogens is 182 g/mol. The van der Waals surface area contributed by atoms with Gasteiger partial charge in [0.2, 0.25) is 0 Å². The molecule has 0 aromatic heterocycles. The maximum absolute atomic E-state index is 3.68. The summed E-state index contributed by atoms with van der Waals surface area (Å²) in [5, 5.41) is 3.68. The van der Waals surface area contributed by atoms with E-state index < -0.39 is 0 Å². The zero-order chi connectivity index (χ0) is 11.1. The minimum atomic E-state index is 0.822. The molecule has 3 unspecified atom stereocenters. The summed E-state index contributed by atoms with van der Waals surface area (Å²) in [6.07, 6.45) is 9.99. The zero-order valence-corrected chi connectivity index (χ0v) is 10.9. The van der Waals surface area contributed by atoms with E-state index in [9.17, 15) is 0 Å². The standard InChI is InChI=1S/C14H29N/c1-4-8-12(3)11-13-9-6-7-10-14(13)15-5-2/h12-15H,4-11H2,1-3H3. The highest BCUT2D eigenvalue weighted by Crippen LogP contribution is 2.30. The highest BCUT2D eigenvalue weighted by molar-refractivity contribution is 4.81. The monoisotopic (exact) mass is 211 g/mol. The second-order valence-corrected chi connectivity index (χ2v) is 5.34. The van der Waals surface area contributed by atoms with Crippen LogP contribution < -0.4 is 5.32 Å². The third-order valence-electron chi connectivity index (χ3n) is 3.86. The molecule has 0 saturated heterocycles. The average molecular weight is 211 g/mol. The summed E-state index contributed by atoms with van der Waals surface area (Å²) in [4.78, 5) is 0. The number of rotatable bonds is 6. The first-order valence-electron chi connectivity index (χ1n) is 7.01. The van der Waals surface area contributed by atoms with Crippen LogP contribution in [0.15, 0.2) is 0 Å². The number of hydrogen-bond donors (Lipinski definition) is 1. The first-order chi connectivity index (χ1) is 7.27. The maximum atomic E-state index is 3.68. The number of nitrogens with one attached hydrogen (secondary N) is 1. The van der Waals surface area contributed by atoms with Crippen molar-refractivity contribution in [3.63, 3.8) is 0 Å². The molecule has 0 aromatic carbocycles. The molecule has 1 aliphatic rings. The third-order valence-corrected chi connectivity index (χ3v) is 3.86. The van der Waals surface area contributed by atoms with Crippen LogP contribution in [0.4, 0.5) is 0 Å². The molecule has 0 radical (unpaired) electrons. The van der Waals surface area contributed by atoms with Gasteiger partial charge in [-0.1, -0.05) is 46.5 Å². The van der Waals surface area contributed by atoms with Gasteiger partial charge in [-0.3, -0.25) is 0 Å². The Balaban J connectivity index is 2.34. The lowest BCUT2D eigenvalue weighted by Crippen LogP contribution is -2.39. The van der Waals surface area contributed by atoms with Crippen LogP contribution in [0.3, 0.4) is 0 Å². The van der Waals surface area contributed by atoms with Crippen LogP contribution in [0.2, 0.25) is 0 Å². The van der Waals surface area contributed by atoms with Gasteiger partial charge in [-0.25, -0.2) is 0 Å². The van der Waals surface area contributed by atoms with E-state index in [4.69, 9.17) is 0 Å². The van der Waals surface area contributed by atoms with E-state index in [1.807, 2.05) is 0 Å². The van der Waals surface area contributed by atoms with Crippen molar-refractivity contribution in [3.8, 4) is 0 Å². The molecule has 1 nitrogen and oxygen atoms in total. The summed E-state index contributed by atoms with van der Waals surface area (Å²) < 4.78 is 0. The maximum Gasteiger partial charge on any atom is 0.00953 e. The Bertz CT molecular complexity index is 153. The van der Waals surface area contributed by atoms with Crippen LogP contribution in [0.1, 0.15) is 65.7 Å². The van der Waals surface area contributed by atoms with Gasteiger partial charge in [-0.05, 0) is 37.6 Å². The van der Waals surface area contributed by atoms with E-state index in [1.165, 1.54) is 44.9 Å². The molecule has 15 heavy (non-hydrogen) atoms. The summed E-state index contributed by atoms with van der Waals surface area (Å²) in [5.41, 5.74) is 0. The summed E-state index contributed by atoms with van der Waals surface area (Å²) in [6, 6.07) is 0.822. The van der Waals surface area contributed by atoms with Crippen molar-refractivity contribution in [2.45, 2.75) is 71.8 Å². The quantitative estimate of drug-likeness (QED) is 0.700. The second kappa shape index (κ2) is 7.27. The fraction of sp³-hybridized carbons (Fsp3) is 1.00. The molecule has 1 rings (SSSR count). The van der Waals surface area contributed by atoms with E-state index in [0.29, 0.717) is 0 Å². The molecule has 3 atom stereocenters. The van der Waals surface area contributed by atoms with Gasteiger partial charge in [0.15, 0.2) is 0 Å². The van der Waals surface area contributed by atoms with Crippen molar-refractivity contribution < 1.29 is 0 Å². The van der Waals surface area contributed by atoms with Crippen LogP contribution in [-0.2, 0) is 0 Å². The predicted octanol–water partition coefficient (Wildman–Crippen LogP) is 3.98. The van der Waals surface area contributed by atoms with Crippen LogP contribution in [-0.4, -0.2) is 12.6 Å². The Hall–Kier alpha value is -0.0400. The second-order valence-electron chi connectivity index (χ2n) is 5.34. The van der Waals surface area contributed by atoms with E-state index in [-0.39, 0.29) is 0 Å². The van der Waals surface area contributed by atoms with Gasteiger partial charge in [0.05, 0.1) is 0 Å². The van der Waals surface area contributed by atoms with E-state index >= 15 is 0 Å². The Kier molecular flexibility index (Phi) is 6.31. The van der Waals surface area contributed by atoms with Crippen molar-refractivity contribution in [2.24, 2.45) is 11.8 Å².